The predicted molar refractivity (Wildman–Crippen MR) is 106 cm³/mol. The molecule has 9 heteroatoms. The van der Waals surface area contributed by atoms with E-state index in [2.05, 4.69) is 4.98 Å². The predicted octanol–water partition coefficient (Wildman–Crippen LogP) is 1.17. The monoisotopic (exact) mass is 386 g/mol. The molecular weight excluding hydrogens is 364 g/mol. The fourth-order valence-corrected chi connectivity index (χ4v) is 3.10. The Balaban J connectivity index is 2.17. The number of nitrogens with zero attached hydrogens (tertiary/aromatic N) is 4. The average molecular weight is 386 g/mol. The number of methoxy groups -OCH3 is 3. The minimum absolute atomic E-state index is 0.328. The molecule has 0 atom stereocenters. The van der Waals surface area contributed by atoms with Gasteiger partial charge in [-0.15, -0.1) is 0 Å². The summed E-state index contributed by atoms with van der Waals surface area (Å²) in [5.41, 5.74) is 0.608. The average Bonchev–Trinajstić information content (AvgIpc) is 3.04. The van der Waals surface area contributed by atoms with Crippen LogP contribution in [0.4, 0.5) is 0 Å². The maximum Gasteiger partial charge on any atom is 0.332 e. The van der Waals surface area contributed by atoms with Gasteiger partial charge in [-0.2, -0.15) is 0 Å². The number of aryl methyl sites for hydroxylation is 2. The maximum absolute atomic E-state index is 12.5. The molecule has 2 heterocycles. The number of benzene rings is 1. The highest BCUT2D eigenvalue weighted by Crippen LogP contribution is 2.40. The van der Waals surface area contributed by atoms with Gasteiger partial charge in [0.05, 0.1) is 21.3 Å². The second-order valence-electron chi connectivity index (χ2n) is 6.16. The van der Waals surface area contributed by atoms with Crippen LogP contribution < -0.4 is 25.5 Å². The summed E-state index contributed by atoms with van der Waals surface area (Å²) < 4.78 is 20.2. The van der Waals surface area contributed by atoms with Gasteiger partial charge >= 0.3 is 5.69 Å². The Morgan fingerprint density at radius 2 is 1.54 bits per heavy atom. The van der Waals surface area contributed by atoms with Crippen molar-refractivity contribution in [3.8, 4) is 17.2 Å². The molecule has 1 aromatic carbocycles. The maximum atomic E-state index is 12.5. The lowest BCUT2D eigenvalue weighted by Crippen LogP contribution is -2.37. The molecule has 0 amide bonds. The Hall–Kier alpha value is -3.49. The van der Waals surface area contributed by atoms with Gasteiger partial charge in [0, 0.05) is 26.7 Å². The van der Waals surface area contributed by atoms with E-state index in [0.29, 0.717) is 34.2 Å². The van der Waals surface area contributed by atoms with E-state index in [9.17, 15) is 9.59 Å². The number of imidazole rings is 1. The fourth-order valence-electron chi connectivity index (χ4n) is 3.10. The van der Waals surface area contributed by atoms with Crippen molar-refractivity contribution in [3.05, 3.63) is 44.4 Å². The second kappa shape index (κ2) is 7.26. The summed E-state index contributed by atoms with van der Waals surface area (Å²) in [6, 6.07) is 3.60. The number of rotatable bonds is 5. The van der Waals surface area contributed by atoms with Crippen LogP contribution in [-0.4, -0.2) is 40.0 Å². The largest absolute Gasteiger partial charge is 0.493 e. The van der Waals surface area contributed by atoms with Crippen molar-refractivity contribution in [2.45, 2.75) is 0 Å². The van der Waals surface area contributed by atoms with Gasteiger partial charge in [0.1, 0.15) is 5.82 Å². The molecule has 28 heavy (non-hydrogen) atoms. The molecule has 0 bridgehead atoms. The fraction of sp³-hybridized carbons (Fsp3) is 0.316. The number of fused-ring (bicyclic) bond motifs is 1. The van der Waals surface area contributed by atoms with Crippen LogP contribution in [0.25, 0.3) is 23.3 Å². The van der Waals surface area contributed by atoms with Crippen LogP contribution in [0.3, 0.4) is 0 Å². The van der Waals surface area contributed by atoms with E-state index < -0.39 is 11.2 Å². The lowest BCUT2D eigenvalue weighted by molar-refractivity contribution is 0.324. The Kier molecular flexibility index (Phi) is 5.00. The standard InChI is InChI=1S/C19H22N4O5/c1-21-13(20-17-14(21)18(24)23(3)19(25)22(17)2)10-8-11-7-9-12(26-4)16(28-6)15(11)27-5/h7-10H,1-6H3/b10-8+. The zero-order valence-corrected chi connectivity index (χ0v) is 16.6. The third-order valence-electron chi connectivity index (χ3n) is 4.66. The van der Waals surface area contributed by atoms with Crippen molar-refractivity contribution in [2.75, 3.05) is 21.3 Å². The van der Waals surface area contributed by atoms with Crippen LogP contribution in [0.1, 0.15) is 11.4 Å². The van der Waals surface area contributed by atoms with Gasteiger partial charge in [-0.3, -0.25) is 13.9 Å². The van der Waals surface area contributed by atoms with Crippen molar-refractivity contribution in [3.63, 3.8) is 0 Å². The molecule has 0 saturated heterocycles. The molecule has 2 aromatic heterocycles. The van der Waals surface area contributed by atoms with E-state index in [4.69, 9.17) is 14.2 Å². The molecule has 0 saturated carbocycles. The molecule has 0 fully saturated rings. The van der Waals surface area contributed by atoms with Crippen molar-refractivity contribution in [1.82, 2.24) is 18.7 Å². The van der Waals surface area contributed by atoms with E-state index in [0.717, 1.165) is 10.1 Å². The first kappa shape index (κ1) is 19.3. The van der Waals surface area contributed by atoms with Crippen molar-refractivity contribution < 1.29 is 14.2 Å². The third kappa shape index (κ3) is 2.84. The zero-order chi connectivity index (χ0) is 20.6. The quantitative estimate of drug-likeness (QED) is 0.654. The smallest absolute Gasteiger partial charge is 0.332 e. The first-order valence-corrected chi connectivity index (χ1v) is 8.45. The summed E-state index contributed by atoms with van der Waals surface area (Å²) in [6.45, 7) is 0. The van der Waals surface area contributed by atoms with E-state index in [1.54, 1.807) is 51.1 Å². The molecule has 0 N–H and O–H groups in total. The molecule has 3 aromatic rings. The van der Waals surface area contributed by atoms with Crippen LogP contribution in [0, 0.1) is 0 Å². The number of aromatic nitrogens is 4. The highest BCUT2D eigenvalue weighted by molar-refractivity contribution is 5.78. The summed E-state index contributed by atoms with van der Waals surface area (Å²) in [5, 5.41) is 0. The molecule has 148 valence electrons. The minimum atomic E-state index is -0.423. The van der Waals surface area contributed by atoms with Crippen LogP contribution in [0.2, 0.25) is 0 Å². The number of hydrogen-bond acceptors (Lipinski definition) is 6. The van der Waals surface area contributed by atoms with E-state index >= 15 is 0 Å². The molecule has 0 aliphatic heterocycles. The molecule has 0 unspecified atom stereocenters. The van der Waals surface area contributed by atoms with Crippen molar-refractivity contribution in [1.29, 1.82) is 0 Å². The Bertz CT molecular complexity index is 1200. The molecule has 9 nitrogen and oxygen atoms in total. The Morgan fingerprint density at radius 1 is 0.857 bits per heavy atom. The first-order valence-electron chi connectivity index (χ1n) is 8.45. The third-order valence-corrected chi connectivity index (χ3v) is 4.66. The van der Waals surface area contributed by atoms with Gasteiger partial charge in [0.25, 0.3) is 5.56 Å². The van der Waals surface area contributed by atoms with E-state index in [1.165, 1.54) is 18.7 Å². The van der Waals surface area contributed by atoms with Gasteiger partial charge in [-0.25, -0.2) is 9.78 Å². The second-order valence-corrected chi connectivity index (χ2v) is 6.16. The molecule has 0 aliphatic rings. The van der Waals surface area contributed by atoms with Gasteiger partial charge in [-0.1, -0.05) is 0 Å². The van der Waals surface area contributed by atoms with Gasteiger partial charge in [0.2, 0.25) is 5.75 Å². The topological polar surface area (TPSA) is 89.5 Å². The van der Waals surface area contributed by atoms with Gasteiger partial charge in [0.15, 0.2) is 22.7 Å². The summed E-state index contributed by atoms with van der Waals surface area (Å²) in [7, 11) is 9.39. The van der Waals surface area contributed by atoms with Crippen LogP contribution in [-0.2, 0) is 21.1 Å². The summed E-state index contributed by atoms with van der Waals surface area (Å²) >= 11 is 0. The summed E-state index contributed by atoms with van der Waals surface area (Å²) in [5.74, 6) is 2.07. The van der Waals surface area contributed by atoms with Crippen molar-refractivity contribution in [2.24, 2.45) is 21.1 Å². The van der Waals surface area contributed by atoms with Crippen LogP contribution >= 0.6 is 0 Å². The SMILES string of the molecule is COc1ccc(/C=C/c2nc3c(c(=O)n(C)c(=O)n3C)n2C)c(OC)c1OC. The number of hydrogen-bond donors (Lipinski definition) is 0. The van der Waals surface area contributed by atoms with Crippen molar-refractivity contribution >= 4 is 23.3 Å². The lowest BCUT2D eigenvalue weighted by atomic mass is 10.1. The Labute approximate surface area is 161 Å². The molecule has 0 spiro atoms. The first-order chi connectivity index (χ1) is 13.3. The molecule has 0 radical (unpaired) electrons. The summed E-state index contributed by atoms with van der Waals surface area (Å²) in [4.78, 5) is 29.1. The van der Waals surface area contributed by atoms with E-state index in [-0.39, 0.29) is 0 Å². The highest BCUT2D eigenvalue weighted by Gasteiger charge is 2.17. The molecule has 0 aliphatic carbocycles. The van der Waals surface area contributed by atoms with E-state index in [1.807, 2.05) is 6.07 Å². The van der Waals surface area contributed by atoms with Crippen LogP contribution in [0.15, 0.2) is 21.7 Å². The summed E-state index contributed by atoms with van der Waals surface area (Å²) in [6.07, 6.45) is 3.54. The van der Waals surface area contributed by atoms with Gasteiger partial charge in [-0.05, 0) is 24.3 Å². The zero-order valence-electron chi connectivity index (χ0n) is 16.6. The minimum Gasteiger partial charge on any atom is -0.493 e. The molecule has 3 rings (SSSR count). The van der Waals surface area contributed by atoms with Crippen LogP contribution in [0.5, 0.6) is 17.2 Å². The normalized spacial score (nSPS) is 11.4. The lowest BCUT2D eigenvalue weighted by Gasteiger charge is -2.13. The van der Waals surface area contributed by atoms with Gasteiger partial charge < -0.3 is 18.8 Å². The molecular formula is C19H22N4O5. The Morgan fingerprint density at radius 3 is 2.14 bits per heavy atom. The highest BCUT2D eigenvalue weighted by atomic mass is 16.5. The number of ether oxygens (including phenoxy) is 3.